The van der Waals surface area contributed by atoms with E-state index in [1.165, 1.54) is 51.4 Å². The number of allylic oxidation sites excluding steroid dienone is 1. The van der Waals surface area contributed by atoms with Gasteiger partial charge in [-0.3, -0.25) is 0 Å². The SMILES string of the molecule is C=CCCCCCCCCCCCCOC[C@@H]1OC[C@@H](O)[C@H](O)[C@H]1O. The van der Waals surface area contributed by atoms with Gasteiger partial charge in [0.1, 0.15) is 24.4 Å². The molecule has 1 saturated heterocycles. The third-order valence-corrected chi connectivity index (χ3v) is 4.84. The lowest BCUT2D eigenvalue weighted by Crippen LogP contribution is -2.54. The molecule has 0 aromatic carbocycles. The van der Waals surface area contributed by atoms with Gasteiger partial charge in [-0.2, -0.15) is 0 Å². The van der Waals surface area contributed by atoms with E-state index >= 15 is 0 Å². The van der Waals surface area contributed by atoms with Crippen molar-refractivity contribution < 1.29 is 24.8 Å². The molecule has 5 heteroatoms. The Hall–Kier alpha value is -0.460. The summed E-state index contributed by atoms with van der Waals surface area (Å²) in [6.07, 6.45) is 12.0. The minimum Gasteiger partial charge on any atom is -0.388 e. The Bertz CT molecular complexity index is 323. The molecule has 0 unspecified atom stereocenters. The Morgan fingerprint density at radius 3 is 2.00 bits per heavy atom. The lowest BCUT2D eigenvalue weighted by atomic mass is 10.0. The normalized spacial score (nSPS) is 26.7. The first-order valence-electron chi connectivity index (χ1n) is 10.0. The van der Waals surface area contributed by atoms with Crippen LogP contribution in [0.2, 0.25) is 0 Å². The molecule has 5 nitrogen and oxygen atoms in total. The van der Waals surface area contributed by atoms with Crippen molar-refractivity contribution >= 4 is 0 Å². The minimum absolute atomic E-state index is 0.0422. The molecule has 1 fully saturated rings. The van der Waals surface area contributed by atoms with E-state index in [0.29, 0.717) is 6.61 Å². The highest BCUT2D eigenvalue weighted by Crippen LogP contribution is 2.16. The monoisotopic (exact) mass is 358 g/mol. The largest absolute Gasteiger partial charge is 0.388 e. The van der Waals surface area contributed by atoms with Crippen molar-refractivity contribution in [2.75, 3.05) is 19.8 Å². The maximum Gasteiger partial charge on any atom is 0.111 e. The third-order valence-electron chi connectivity index (χ3n) is 4.84. The van der Waals surface area contributed by atoms with Crippen LogP contribution in [-0.2, 0) is 9.47 Å². The molecule has 4 atom stereocenters. The number of hydrogen-bond donors (Lipinski definition) is 3. The molecule has 25 heavy (non-hydrogen) atoms. The molecule has 1 aliphatic rings. The maximum absolute atomic E-state index is 9.79. The molecule has 0 radical (unpaired) electrons. The van der Waals surface area contributed by atoms with Gasteiger partial charge in [0.05, 0.1) is 13.2 Å². The molecule has 0 spiro atoms. The van der Waals surface area contributed by atoms with Crippen LogP contribution < -0.4 is 0 Å². The van der Waals surface area contributed by atoms with Crippen LogP contribution in [0.15, 0.2) is 12.7 Å². The molecule has 0 saturated carbocycles. The lowest BCUT2D eigenvalue weighted by molar-refractivity contribution is -0.199. The summed E-state index contributed by atoms with van der Waals surface area (Å²) < 4.78 is 10.8. The number of rotatable bonds is 15. The number of aliphatic hydroxyl groups is 3. The second-order valence-electron chi connectivity index (χ2n) is 7.11. The molecule has 0 bridgehead atoms. The molecule has 0 amide bonds. The summed E-state index contributed by atoms with van der Waals surface area (Å²) in [5, 5.41) is 28.8. The van der Waals surface area contributed by atoms with Crippen LogP contribution in [0.3, 0.4) is 0 Å². The Balaban J connectivity index is 1.82. The van der Waals surface area contributed by atoms with Crippen LogP contribution in [0.4, 0.5) is 0 Å². The first-order valence-corrected chi connectivity index (χ1v) is 10.0. The highest BCUT2D eigenvalue weighted by atomic mass is 16.6. The zero-order valence-electron chi connectivity index (χ0n) is 15.7. The van der Waals surface area contributed by atoms with Crippen LogP contribution in [-0.4, -0.2) is 59.6 Å². The van der Waals surface area contributed by atoms with Crippen molar-refractivity contribution in [2.24, 2.45) is 0 Å². The van der Waals surface area contributed by atoms with E-state index in [0.717, 1.165) is 19.3 Å². The predicted octanol–water partition coefficient (Wildman–Crippen LogP) is 2.96. The first kappa shape index (κ1) is 22.6. The fourth-order valence-electron chi connectivity index (χ4n) is 3.12. The van der Waals surface area contributed by atoms with E-state index in [1.54, 1.807) is 0 Å². The summed E-state index contributed by atoms with van der Waals surface area (Å²) in [5.41, 5.74) is 0. The lowest BCUT2D eigenvalue weighted by Gasteiger charge is -2.35. The maximum atomic E-state index is 9.79. The molecule has 0 aliphatic carbocycles. The molecular weight excluding hydrogens is 320 g/mol. The van der Waals surface area contributed by atoms with Crippen molar-refractivity contribution in [2.45, 2.75) is 95.0 Å². The van der Waals surface area contributed by atoms with Gasteiger partial charge in [-0.1, -0.05) is 57.4 Å². The van der Waals surface area contributed by atoms with Gasteiger partial charge in [-0.25, -0.2) is 0 Å². The van der Waals surface area contributed by atoms with Crippen molar-refractivity contribution in [3.63, 3.8) is 0 Å². The first-order chi connectivity index (χ1) is 12.2. The van der Waals surface area contributed by atoms with Crippen LogP contribution in [0.1, 0.15) is 70.6 Å². The fraction of sp³-hybridized carbons (Fsp3) is 0.900. The van der Waals surface area contributed by atoms with E-state index < -0.39 is 24.4 Å². The van der Waals surface area contributed by atoms with Gasteiger partial charge in [0.2, 0.25) is 0 Å². The van der Waals surface area contributed by atoms with Crippen molar-refractivity contribution in [3.8, 4) is 0 Å². The van der Waals surface area contributed by atoms with E-state index in [1.807, 2.05) is 6.08 Å². The minimum atomic E-state index is -1.15. The summed E-state index contributed by atoms with van der Waals surface area (Å²) in [6, 6.07) is 0. The van der Waals surface area contributed by atoms with Crippen molar-refractivity contribution in [1.82, 2.24) is 0 Å². The molecule has 3 N–H and O–H groups in total. The molecule has 0 aromatic heterocycles. The Morgan fingerprint density at radius 1 is 0.840 bits per heavy atom. The van der Waals surface area contributed by atoms with Gasteiger partial charge >= 0.3 is 0 Å². The summed E-state index contributed by atoms with van der Waals surface area (Å²) in [4.78, 5) is 0. The van der Waals surface area contributed by atoms with Gasteiger partial charge in [-0.15, -0.1) is 6.58 Å². The Morgan fingerprint density at radius 2 is 1.40 bits per heavy atom. The Labute approximate surface area is 153 Å². The molecule has 0 aromatic rings. The molecule has 1 aliphatic heterocycles. The third kappa shape index (κ3) is 10.3. The number of hydrogen-bond acceptors (Lipinski definition) is 5. The standard InChI is InChI=1S/C20H38O5/c1-2-3-4-5-6-7-8-9-10-11-12-13-14-24-16-18-20(23)19(22)17(21)15-25-18/h2,17-23H,1,3-16H2/t17-,18+,19+,20+/m1/s1. The van der Waals surface area contributed by atoms with Gasteiger partial charge < -0.3 is 24.8 Å². The summed E-state index contributed by atoms with van der Waals surface area (Å²) >= 11 is 0. The number of aliphatic hydroxyl groups excluding tert-OH is 3. The van der Waals surface area contributed by atoms with Crippen LogP contribution >= 0.6 is 0 Å². The Kier molecular flexibility index (Phi) is 13.3. The average molecular weight is 359 g/mol. The highest BCUT2D eigenvalue weighted by molar-refractivity contribution is 4.86. The van der Waals surface area contributed by atoms with Crippen LogP contribution in [0.25, 0.3) is 0 Å². The van der Waals surface area contributed by atoms with Gasteiger partial charge in [0, 0.05) is 6.61 Å². The summed E-state index contributed by atoms with van der Waals surface area (Å²) in [5.74, 6) is 0. The zero-order valence-corrected chi connectivity index (χ0v) is 15.7. The molecule has 1 heterocycles. The van der Waals surface area contributed by atoms with E-state index in [9.17, 15) is 15.3 Å². The van der Waals surface area contributed by atoms with Crippen LogP contribution in [0.5, 0.6) is 0 Å². The van der Waals surface area contributed by atoms with E-state index in [-0.39, 0.29) is 13.2 Å². The number of unbranched alkanes of at least 4 members (excludes halogenated alkanes) is 10. The summed E-state index contributed by atoms with van der Waals surface area (Å²) in [6.45, 7) is 4.69. The zero-order chi connectivity index (χ0) is 18.3. The quantitative estimate of drug-likeness (QED) is 0.310. The van der Waals surface area contributed by atoms with Crippen molar-refractivity contribution in [3.05, 3.63) is 12.7 Å². The van der Waals surface area contributed by atoms with Crippen molar-refractivity contribution in [1.29, 1.82) is 0 Å². The second kappa shape index (κ2) is 14.7. The topological polar surface area (TPSA) is 79.2 Å². The highest BCUT2D eigenvalue weighted by Gasteiger charge is 2.37. The van der Waals surface area contributed by atoms with Crippen LogP contribution in [0, 0.1) is 0 Å². The van der Waals surface area contributed by atoms with Gasteiger partial charge in [-0.05, 0) is 19.3 Å². The van der Waals surface area contributed by atoms with E-state index in [4.69, 9.17) is 9.47 Å². The molecular formula is C20H38O5. The number of ether oxygens (including phenoxy) is 2. The molecule has 1 rings (SSSR count). The predicted molar refractivity (Wildman–Crippen MR) is 99.6 cm³/mol. The molecule has 148 valence electrons. The second-order valence-corrected chi connectivity index (χ2v) is 7.11. The van der Waals surface area contributed by atoms with E-state index in [2.05, 4.69) is 6.58 Å². The summed E-state index contributed by atoms with van der Waals surface area (Å²) in [7, 11) is 0. The van der Waals surface area contributed by atoms with Gasteiger partial charge in [0.15, 0.2) is 0 Å². The smallest absolute Gasteiger partial charge is 0.111 e. The average Bonchev–Trinajstić information content (AvgIpc) is 2.61. The van der Waals surface area contributed by atoms with Gasteiger partial charge in [0.25, 0.3) is 0 Å². The fourth-order valence-corrected chi connectivity index (χ4v) is 3.12.